The van der Waals surface area contributed by atoms with Gasteiger partial charge >= 0.3 is 0 Å². The van der Waals surface area contributed by atoms with Gasteiger partial charge in [-0.1, -0.05) is 160 Å². The summed E-state index contributed by atoms with van der Waals surface area (Å²) in [6.45, 7) is 29.3. The lowest BCUT2D eigenvalue weighted by atomic mass is 9.88. The van der Waals surface area contributed by atoms with Crippen LogP contribution in [0.15, 0.2) is 180 Å². The minimum Gasteiger partial charge on any atom is -0.871 e. The maximum Gasteiger partial charge on any atom is 0.191 e. The van der Waals surface area contributed by atoms with Gasteiger partial charge < -0.3 is 17.7 Å². The van der Waals surface area contributed by atoms with Gasteiger partial charge in [0.05, 0.1) is 1.37 Å². The minimum absolute atomic E-state index is 0.178. The van der Waals surface area contributed by atoms with Crippen molar-refractivity contribution in [3.05, 3.63) is 180 Å². The van der Waals surface area contributed by atoms with Crippen LogP contribution in [0.3, 0.4) is 0 Å². The Kier molecular flexibility index (Phi) is 25.7. The maximum absolute atomic E-state index is 10.8. The highest BCUT2D eigenvalue weighted by Gasteiger charge is 2.22. The molecule has 0 radical (unpaired) electrons. The van der Waals surface area contributed by atoms with Crippen molar-refractivity contribution in [1.29, 1.82) is 0 Å². The van der Waals surface area contributed by atoms with Crippen LogP contribution < -0.4 is 5.11 Å². The molecule has 0 aromatic carbocycles. The zero-order valence-corrected chi connectivity index (χ0v) is 31.0. The van der Waals surface area contributed by atoms with E-state index >= 15 is 0 Å². The summed E-state index contributed by atoms with van der Waals surface area (Å²) in [4.78, 5) is 12.6. The van der Waals surface area contributed by atoms with E-state index < -0.39 is 0 Å². The molecule has 0 fully saturated rings. The Labute approximate surface area is 299 Å². The largest absolute Gasteiger partial charge is 0.871 e. The summed E-state index contributed by atoms with van der Waals surface area (Å²) >= 11 is 10.1. The van der Waals surface area contributed by atoms with Gasteiger partial charge in [0.2, 0.25) is 0 Å². The highest BCUT2D eigenvalue weighted by molar-refractivity contribution is 7.82. The summed E-state index contributed by atoms with van der Waals surface area (Å²) in [5.74, 6) is -0.356. The number of ketones is 1. The van der Waals surface area contributed by atoms with Crippen LogP contribution in [0.5, 0.6) is 0 Å². The van der Waals surface area contributed by atoms with Crippen LogP contribution in [0.2, 0.25) is 0 Å². The normalized spacial score (nSPS) is 20.7. The van der Waals surface area contributed by atoms with Crippen LogP contribution >= 0.6 is 12.2 Å². The third-order valence-corrected chi connectivity index (χ3v) is 7.36. The molecule has 0 atom stereocenters. The molecule has 3 aliphatic carbocycles. The van der Waals surface area contributed by atoms with Crippen LogP contribution in [0.25, 0.3) is 0 Å². The quantitative estimate of drug-likeness (QED) is 0.117. The van der Waals surface area contributed by atoms with Crippen LogP contribution in [0, 0.1) is 0 Å². The summed E-state index contributed by atoms with van der Waals surface area (Å²) < 4.78 is 8.14. The molecule has 3 rings (SSSR count). The molecule has 0 saturated carbocycles. The molecule has 47 heavy (non-hydrogen) atoms. The summed E-state index contributed by atoms with van der Waals surface area (Å²) in [7, 11) is 0. The number of rotatable bonds is 7. The molecular formula is C43H54O2S2-2. The van der Waals surface area contributed by atoms with Gasteiger partial charge in [-0.2, -0.15) is 4.91 Å². The van der Waals surface area contributed by atoms with E-state index in [4.69, 9.17) is 26.2 Å². The number of hydrogen-bond acceptors (Lipinski definition) is 4. The van der Waals surface area contributed by atoms with Gasteiger partial charge in [0, 0.05) is 16.0 Å². The molecule has 0 N–H and O–H groups in total. The van der Waals surface area contributed by atoms with Crippen LogP contribution in [0.1, 0.15) is 75.0 Å². The van der Waals surface area contributed by atoms with E-state index in [0.29, 0.717) is 6.05 Å². The number of allylic oxidation sites excluding steroid dienone is 23. The van der Waals surface area contributed by atoms with Crippen molar-refractivity contribution in [2.24, 2.45) is 0 Å². The third-order valence-electron chi connectivity index (χ3n) is 6.48. The second kappa shape index (κ2) is 28.1. The smallest absolute Gasteiger partial charge is 0.191 e. The predicted molar refractivity (Wildman–Crippen MR) is 215 cm³/mol. The zero-order valence-electron chi connectivity index (χ0n) is 30.4. The summed E-state index contributed by atoms with van der Waals surface area (Å²) in [6, 6.07) is 0.715. The standard InChI is InChI=1S/C14H20.C8H8O2.C8H8S2.C8H12.C5H8/c1-3-8-13-10-6-5-7-11-14(12-13)9-4-2;2*1-3-5-7(9)6(4-2)8(5)10;1-4-6-8(3)7-5-2;1-3-5-4-2/h3-4,8-9,12H,1,5-7,10-11H2,2H3;2*3-4,9H,1H2,2H3;4-7H,1H2,2-3H3;3-5H,1H2,2H3/p-2/b9-4+,13-8+,14-12-;;;7-5+,8-6+;5-4+/i12D;;;;. The third kappa shape index (κ3) is 17.4. The first-order chi connectivity index (χ1) is 23.0. The average molecular weight is 668 g/mol. The predicted octanol–water partition coefficient (Wildman–Crippen LogP) is 11.6. The van der Waals surface area contributed by atoms with Crippen molar-refractivity contribution in [3.63, 3.8) is 0 Å². The lowest BCUT2D eigenvalue weighted by molar-refractivity contribution is -0.300. The molecule has 0 aliphatic heterocycles. The van der Waals surface area contributed by atoms with Crippen molar-refractivity contribution in [2.45, 2.75) is 73.6 Å². The molecule has 0 aromatic heterocycles. The fraction of sp³-hybridized carbons (Fsp3) is 0.256. The molecule has 3 aliphatic rings. The van der Waals surface area contributed by atoms with Crippen molar-refractivity contribution in [3.8, 4) is 0 Å². The molecule has 0 saturated heterocycles. The summed E-state index contributed by atoms with van der Waals surface area (Å²) in [5.41, 5.74) is 6.03. The number of carbonyl (C=O) groups excluding carboxylic acids is 1. The zero-order chi connectivity index (χ0) is 37.1. The first kappa shape index (κ1) is 42.9. The van der Waals surface area contributed by atoms with Crippen molar-refractivity contribution < 1.29 is 11.3 Å². The monoisotopic (exact) mass is 667 g/mol. The van der Waals surface area contributed by atoms with Crippen LogP contribution in [-0.2, 0) is 17.4 Å². The van der Waals surface area contributed by atoms with Gasteiger partial charge in [-0.3, -0.25) is 4.79 Å². The van der Waals surface area contributed by atoms with E-state index in [0.717, 1.165) is 39.3 Å². The molecule has 0 aromatic rings. The van der Waals surface area contributed by atoms with Crippen molar-refractivity contribution in [2.75, 3.05) is 0 Å². The van der Waals surface area contributed by atoms with Gasteiger partial charge in [0.15, 0.2) is 5.78 Å². The molecule has 0 heterocycles. The van der Waals surface area contributed by atoms with Crippen LogP contribution in [0.4, 0.5) is 0 Å². The topological polar surface area (TPSA) is 40.1 Å². The second-order valence-electron chi connectivity index (χ2n) is 10.0. The Balaban J connectivity index is 0. The fourth-order valence-electron chi connectivity index (χ4n) is 4.14. The van der Waals surface area contributed by atoms with Gasteiger partial charge in [-0.25, -0.2) is 0 Å². The Hall–Kier alpha value is -4.12. The average Bonchev–Trinajstić information content (AvgIpc) is 3.05. The van der Waals surface area contributed by atoms with E-state index in [1.54, 1.807) is 31.2 Å². The Morgan fingerprint density at radius 3 is 1.89 bits per heavy atom. The molecule has 0 spiro atoms. The molecule has 252 valence electrons. The van der Waals surface area contributed by atoms with Gasteiger partial charge in [-0.15, -0.1) is 0 Å². The van der Waals surface area contributed by atoms with E-state index in [2.05, 4.69) is 39.0 Å². The second-order valence-corrected chi connectivity index (χ2v) is 10.8. The van der Waals surface area contributed by atoms with Gasteiger partial charge in [0.1, 0.15) is 0 Å². The van der Waals surface area contributed by atoms with Crippen LogP contribution in [-0.4, -0.2) is 10.6 Å². The first-order valence-electron chi connectivity index (χ1n) is 16.3. The minimum atomic E-state index is -0.178. The van der Waals surface area contributed by atoms with E-state index in [1.165, 1.54) is 42.6 Å². The fourth-order valence-corrected chi connectivity index (χ4v) is 5.08. The molecule has 4 heteroatoms. The highest BCUT2D eigenvalue weighted by Crippen LogP contribution is 2.31. The van der Waals surface area contributed by atoms with E-state index in [-0.39, 0.29) is 22.7 Å². The molecule has 0 amide bonds. The molecule has 2 nitrogen and oxygen atoms in total. The number of thiocarbonyl (C=S) groups is 1. The lowest BCUT2D eigenvalue weighted by Gasteiger charge is -2.31. The number of hydrogen-bond donors (Lipinski definition) is 0. The Morgan fingerprint density at radius 1 is 0.872 bits per heavy atom. The Morgan fingerprint density at radius 2 is 1.49 bits per heavy atom. The SMILES string of the molecule is C=C/C=C(C)/C=C/C.C=C/C=C/C.C=CC1=C([O-])C(=CC)C1=O.C=CC1=C([S-])C(=CC)C1=S.[2H]/C1=C(\C=C\C)CCCCC\C1=C/C=C. The summed E-state index contributed by atoms with van der Waals surface area (Å²) in [6.07, 6.45) is 33.5. The first-order valence-corrected chi connectivity index (χ1v) is 16.6. The van der Waals surface area contributed by atoms with Gasteiger partial charge in [-0.05, 0) is 89.5 Å². The number of Topliss-reactive ketones (excluding diaryl/α,β-unsaturated/α-hetero) is 1. The highest BCUT2D eigenvalue weighted by atomic mass is 32.1. The Bertz CT molecular complexity index is 1420. The maximum atomic E-state index is 10.8. The van der Waals surface area contributed by atoms with E-state index in [9.17, 15) is 9.90 Å². The number of carbonyl (C=O) groups is 1. The van der Waals surface area contributed by atoms with Crippen molar-refractivity contribution in [1.82, 2.24) is 0 Å². The van der Waals surface area contributed by atoms with Crippen molar-refractivity contribution >= 4 is 35.5 Å². The molecule has 0 unspecified atom stereocenters. The molecular weight excluding hydrogens is 613 g/mol. The van der Waals surface area contributed by atoms with E-state index in [1.807, 2.05) is 83.2 Å². The van der Waals surface area contributed by atoms with Gasteiger partial charge in [0.25, 0.3) is 0 Å². The lowest BCUT2D eigenvalue weighted by Crippen LogP contribution is -2.28. The molecule has 0 bridgehead atoms. The summed E-state index contributed by atoms with van der Waals surface area (Å²) in [5, 5.41) is 10.8.